The lowest BCUT2D eigenvalue weighted by Crippen LogP contribution is -2.37. The smallest absolute Gasteiger partial charge is 0.320 e. The predicted molar refractivity (Wildman–Crippen MR) is 91.8 cm³/mol. The lowest BCUT2D eigenvalue weighted by atomic mass is 10.1. The van der Waals surface area contributed by atoms with Gasteiger partial charge in [0.25, 0.3) is 0 Å². The highest BCUT2D eigenvalue weighted by Crippen LogP contribution is 2.25. The molecule has 0 spiro atoms. The minimum Gasteiger partial charge on any atom is -0.481 e. The summed E-state index contributed by atoms with van der Waals surface area (Å²) >= 11 is 0. The first-order valence-corrected chi connectivity index (χ1v) is 8.22. The molecule has 1 fully saturated rings. The van der Waals surface area contributed by atoms with Gasteiger partial charge in [0.1, 0.15) is 5.82 Å². The molecule has 0 saturated heterocycles. The summed E-state index contributed by atoms with van der Waals surface area (Å²) < 4.78 is 1.58. The summed E-state index contributed by atoms with van der Waals surface area (Å²) in [6, 6.07) is 5.03. The normalized spacial score (nSPS) is 19.6. The lowest BCUT2D eigenvalue weighted by molar-refractivity contribution is -0.141. The third-order valence-electron chi connectivity index (χ3n) is 4.31. The maximum Gasteiger partial charge on any atom is 0.320 e. The Bertz CT molecular complexity index is 801. The van der Waals surface area contributed by atoms with Gasteiger partial charge in [-0.2, -0.15) is 9.78 Å². The molecule has 0 radical (unpaired) electrons. The van der Waals surface area contributed by atoms with Gasteiger partial charge in [0.2, 0.25) is 0 Å². The topological polar surface area (TPSA) is 109 Å². The first-order chi connectivity index (χ1) is 11.9. The fourth-order valence-corrected chi connectivity index (χ4v) is 3.07. The number of aliphatic carboxylic acids is 1. The number of carboxylic acids is 1. The van der Waals surface area contributed by atoms with Gasteiger partial charge in [0.15, 0.2) is 5.82 Å². The summed E-state index contributed by atoms with van der Waals surface area (Å²) in [5.41, 5.74) is 1.80. The molecule has 0 unspecified atom stereocenters. The van der Waals surface area contributed by atoms with Gasteiger partial charge in [-0.3, -0.25) is 10.1 Å². The third-order valence-corrected chi connectivity index (χ3v) is 4.31. The van der Waals surface area contributed by atoms with E-state index in [1.807, 2.05) is 26.0 Å². The van der Waals surface area contributed by atoms with Gasteiger partial charge >= 0.3 is 12.0 Å². The van der Waals surface area contributed by atoms with Crippen molar-refractivity contribution < 1.29 is 14.7 Å². The average Bonchev–Trinajstić information content (AvgIpc) is 3.14. The number of aromatic nitrogens is 3. The molecule has 0 aromatic carbocycles. The maximum atomic E-state index is 12.3. The number of urea groups is 1. The molecule has 3 N–H and O–H groups in total. The number of carbonyl (C=O) groups excluding carboxylic acids is 1. The number of anilines is 1. The van der Waals surface area contributed by atoms with Crippen LogP contribution in [-0.2, 0) is 4.79 Å². The van der Waals surface area contributed by atoms with Crippen LogP contribution in [0.3, 0.4) is 0 Å². The minimum absolute atomic E-state index is 0.129. The highest BCUT2D eigenvalue weighted by atomic mass is 16.4. The van der Waals surface area contributed by atoms with E-state index in [0.717, 1.165) is 11.3 Å². The molecule has 2 aromatic rings. The highest BCUT2D eigenvalue weighted by Gasteiger charge is 2.30. The van der Waals surface area contributed by atoms with E-state index in [0.29, 0.717) is 30.9 Å². The number of rotatable bonds is 4. The molecule has 1 aliphatic rings. The van der Waals surface area contributed by atoms with Crippen LogP contribution in [0, 0.1) is 19.8 Å². The summed E-state index contributed by atoms with van der Waals surface area (Å²) in [4.78, 5) is 27.6. The Balaban J connectivity index is 1.69. The van der Waals surface area contributed by atoms with E-state index in [-0.39, 0.29) is 18.0 Å². The number of hydrogen-bond acceptors (Lipinski definition) is 4. The molecular formula is C17H21N5O3. The molecule has 3 rings (SSSR count). The van der Waals surface area contributed by atoms with Crippen LogP contribution in [0.5, 0.6) is 0 Å². The van der Waals surface area contributed by atoms with Crippen LogP contribution in [0.1, 0.15) is 30.5 Å². The monoisotopic (exact) mass is 343 g/mol. The van der Waals surface area contributed by atoms with Crippen molar-refractivity contribution in [2.75, 3.05) is 5.32 Å². The number of nitrogens with one attached hydrogen (secondary N) is 2. The highest BCUT2D eigenvalue weighted by molar-refractivity contribution is 5.89. The SMILES string of the molecule is Cc1ccnc(-n2nc(C)cc2NC(=O)N[C@@H]2CC[C@H](C(=O)O)C2)c1. The number of nitrogens with zero attached hydrogens (tertiary/aromatic N) is 3. The van der Waals surface area contributed by atoms with E-state index in [1.54, 1.807) is 16.9 Å². The Morgan fingerprint density at radius 1 is 1.28 bits per heavy atom. The number of pyridine rings is 1. The Hall–Kier alpha value is -2.90. The molecule has 2 aromatic heterocycles. The quantitative estimate of drug-likeness (QED) is 0.789. The van der Waals surface area contributed by atoms with Gasteiger partial charge in [-0.05, 0) is 50.8 Å². The van der Waals surface area contributed by atoms with Crippen molar-refractivity contribution in [3.63, 3.8) is 0 Å². The van der Waals surface area contributed by atoms with Gasteiger partial charge in [0.05, 0.1) is 11.6 Å². The molecule has 8 nitrogen and oxygen atoms in total. The van der Waals surface area contributed by atoms with E-state index in [4.69, 9.17) is 5.11 Å². The summed E-state index contributed by atoms with van der Waals surface area (Å²) in [5.74, 6) is -0.0467. The molecule has 8 heteroatoms. The zero-order chi connectivity index (χ0) is 18.0. The van der Waals surface area contributed by atoms with E-state index >= 15 is 0 Å². The van der Waals surface area contributed by atoms with Gasteiger partial charge in [-0.15, -0.1) is 0 Å². The molecular weight excluding hydrogens is 322 g/mol. The fourth-order valence-electron chi connectivity index (χ4n) is 3.07. The Morgan fingerprint density at radius 3 is 2.76 bits per heavy atom. The van der Waals surface area contributed by atoms with Crippen molar-refractivity contribution in [1.29, 1.82) is 0 Å². The molecule has 2 amide bonds. The number of carbonyl (C=O) groups is 2. The third kappa shape index (κ3) is 3.96. The molecule has 0 aliphatic heterocycles. The fraction of sp³-hybridized carbons (Fsp3) is 0.412. The van der Waals surface area contributed by atoms with Crippen molar-refractivity contribution in [3.05, 3.63) is 35.7 Å². The predicted octanol–water partition coefficient (Wildman–Crippen LogP) is 2.26. The van der Waals surface area contributed by atoms with Gasteiger partial charge in [-0.1, -0.05) is 0 Å². The maximum absolute atomic E-state index is 12.3. The van der Waals surface area contributed by atoms with Crippen molar-refractivity contribution in [3.8, 4) is 5.82 Å². The second kappa shape index (κ2) is 6.92. The van der Waals surface area contributed by atoms with Crippen LogP contribution >= 0.6 is 0 Å². The van der Waals surface area contributed by atoms with Crippen molar-refractivity contribution in [2.45, 2.75) is 39.2 Å². The molecule has 2 heterocycles. The van der Waals surface area contributed by atoms with Gasteiger partial charge < -0.3 is 10.4 Å². The van der Waals surface area contributed by atoms with E-state index in [9.17, 15) is 9.59 Å². The Morgan fingerprint density at radius 2 is 2.08 bits per heavy atom. The summed E-state index contributed by atoms with van der Waals surface area (Å²) in [7, 11) is 0. The standard InChI is InChI=1S/C17H21N5O3/c1-10-5-6-18-14(7-10)22-15(8-11(2)21-22)20-17(25)19-13-4-3-12(9-13)16(23)24/h5-8,12-13H,3-4,9H2,1-2H3,(H,23,24)(H2,19,20,25)/t12-,13+/m0/s1. The Kier molecular flexibility index (Phi) is 4.69. The largest absolute Gasteiger partial charge is 0.481 e. The van der Waals surface area contributed by atoms with Crippen LogP contribution in [0.4, 0.5) is 10.6 Å². The molecule has 2 atom stereocenters. The van der Waals surface area contributed by atoms with Crippen LogP contribution < -0.4 is 10.6 Å². The zero-order valence-corrected chi connectivity index (χ0v) is 14.2. The second-order valence-electron chi connectivity index (χ2n) is 6.42. The molecule has 25 heavy (non-hydrogen) atoms. The molecule has 1 saturated carbocycles. The van der Waals surface area contributed by atoms with Crippen LogP contribution in [0.25, 0.3) is 5.82 Å². The van der Waals surface area contributed by atoms with Gasteiger partial charge in [-0.25, -0.2) is 9.78 Å². The summed E-state index contributed by atoms with van der Waals surface area (Å²) in [6.07, 6.45) is 3.41. The van der Waals surface area contributed by atoms with Crippen LogP contribution in [0.2, 0.25) is 0 Å². The minimum atomic E-state index is -0.802. The summed E-state index contributed by atoms with van der Waals surface area (Å²) in [5, 5.41) is 19.0. The lowest BCUT2D eigenvalue weighted by Gasteiger charge is -2.14. The van der Waals surface area contributed by atoms with E-state index in [1.165, 1.54) is 0 Å². The van der Waals surface area contributed by atoms with E-state index in [2.05, 4.69) is 20.7 Å². The van der Waals surface area contributed by atoms with Crippen molar-refractivity contribution >= 4 is 17.8 Å². The first-order valence-electron chi connectivity index (χ1n) is 8.22. The molecule has 1 aliphatic carbocycles. The number of aryl methyl sites for hydroxylation is 2. The van der Waals surface area contributed by atoms with Crippen molar-refractivity contribution in [1.82, 2.24) is 20.1 Å². The van der Waals surface area contributed by atoms with Crippen LogP contribution in [-0.4, -0.2) is 37.9 Å². The zero-order valence-electron chi connectivity index (χ0n) is 14.2. The van der Waals surface area contributed by atoms with E-state index < -0.39 is 5.97 Å². The summed E-state index contributed by atoms with van der Waals surface area (Å²) in [6.45, 7) is 3.80. The number of carboxylic acid groups (broad SMARTS) is 1. The molecule has 0 bridgehead atoms. The number of hydrogen-bond donors (Lipinski definition) is 3. The molecule has 132 valence electrons. The van der Waals surface area contributed by atoms with Crippen LogP contribution in [0.15, 0.2) is 24.4 Å². The van der Waals surface area contributed by atoms with Crippen molar-refractivity contribution in [2.24, 2.45) is 5.92 Å². The Labute approximate surface area is 145 Å². The van der Waals surface area contributed by atoms with Gasteiger partial charge in [0, 0.05) is 18.3 Å². The first kappa shape index (κ1) is 16.9. The number of amides is 2. The second-order valence-corrected chi connectivity index (χ2v) is 6.42. The average molecular weight is 343 g/mol.